The van der Waals surface area contributed by atoms with Crippen LogP contribution in [0.3, 0.4) is 0 Å². The molecule has 2 atom stereocenters. The quantitative estimate of drug-likeness (QED) is 0.753. The first kappa shape index (κ1) is 17.3. The molecule has 0 bridgehead atoms. The van der Waals surface area contributed by atoms with E-state index in [2.05, 4.69) is 10.6 Å². The summed E-state index contributed by atoms with van der Waals surface area (Å²) >= 11 is 0. The molecule has 1 aliphatic rings. The number of urea groups is 1. The van der Waals surface area contributed by atoms with Gasteiger partial charge in [0.15, 0.2) is 0 Å². The Bertz CT molecular complexity index is 690. The summed E-state index contributed by atoms with van der Waals surface area (Å²) in [4.78, 5) is 12.2. The van der Waals surface area contributed by atoms with Crippen molar-refractivity contribution in [3.8, 4) is 5.75 Å². The predicted molar refractivity (Wildman–Crippen MR) is 97.6 cm³/mol. The third-order valence-electron chi connectivity index (χ3n) is 4.55. The summed E-state index contributed by atoms with van der Waals surface area (Å²) < 4.78 is 5.76. The zero-order valence-corrected chi connectivity index (χ0v) is 14.2. The van der Waals surface area contributed by atoms with Gasteiger partial charge in [0.1, 0.15) is 12.4 Å². The van der Waals surface area contributed by atoms with Gasteiger partial charge >= 0.3 is 6.03 Å². The molecule has 5 nitrogen and oxygen atoms in total. The van der Waals surface area contributed by atoms with Crippen LogP contribution in [0.1, 0.15) is 24.8 Å². The second kappa shape index (κ2) is 8.53. The number of aliphatic hydroxyl groups excluding tert-OH is 1. The minimum atomic E-state index is -0.299. The van der Waals surface area contributed by atoms with E-state index in [1.807, 2.05) is 54.6 Å². The van der Waals surface area contributed by atoms with Crippen molar-refractivity contribution in [1.29, 1.82) is 0 Å². The number of para-hydroxylation sites is 2. The minimum absolute atomic E-state index is 0.155. The lowest BCUT2D eigenvalue weighted by Crippen LogP contribution is -2.35. The highest BCUT2D eigenvalue weighted by atomic mass is 16.5. The van der Waals surface area contributed by atoms with Crippen LogP contribution >= 0.6 is 0 Å². The lowest BCUT2D eigenvalue weighted by Gasteiger charge is -2.16. The molecule has 1 saturated carbocycles. The molecule has 0 spiro atoms. The Labute approximate surface area is 148 Å². The van der Waals surface area contributed by atoms with Crippen molar-refractivity contribution < 1.29 is 14.6 Å². The van der Waals surface area contributed by atoms with Crippen LogP contribution in [0.4, 0.5) is 10.5 Å². The number of benzene rings is 2. The summed E-state index contributed by atoms with van der Waals surface area (Å²) in [7, 11) is 0. The minimum Gasteiger partial charge on any atom is -0.489 e. The number of amides is 2. The average molecular weight is 340 g/mol. The Morgan fingerprint density at radius 2 is 1.84 bits per heavy atom. The van der Waals surface area contributed by atoms with E-state index >= 15 is 0 Å². The van der Waals surface area contributed by atoms with Gasteiger partial charge in [0.2, 0.25) is 0 Å². The molecule has 132 valence electrons. The maximum Gasteiger partial charge on any atom is 0.319 e. The fourth-order valence-electron chi connectivity index (χ4n) is 3.09. The van der Waals surface area contributed by atoms with Gasteiger partial charge in [0, 0.05) is 23.7 Å². The number of aliphatic hydroxyl groups is 1. The van der Waals surface area contributed by atoms with E-state index < -0.39 is 0 Å². The van der Waals surface area contributed by atoms with Crippen molar-refractivity contribution in [2.75, 3.05) is 11.9 Å². The molecule has 0 heterocycles. The number of anilines is 1. The van der Waals surface area contributed by atoms with Crippen molar-refractivity contribution in [3.63, 3.8) is 0 Å². The zero-order valence-electron chi connectivity index (χ0n) is 14.2. The van der Waals surface area contributed by atoms with Crippen molar-refractivity contribution >= 4 is 11.7 Å². The standard InChI is InChI=1S/C20H24N2O3/c23-19-12-6-8-15(19)13-21-20(24)22-18-11-5-4-7-16(18)14-25-17-9-2-1-3-10-17/h1-5,7,9-11,15,19,23H,6,8,12-14H2,(H2,21,22,24)/t15-,19+/m1/s1. The van der Waals surface area contributed by atoms with Gasteiger partial charge in [-0.05, 0) is 31.0 Å². The average Bonchev–Trinajstić information content (AvgIpc) is 3.05. The molecule has 2 aromatic rings. The summed E-state index contributed by atoms with van der Waals surface area (Å²) in [5.41, 5.74) is 1.63. The molecule has 3 rings (SSSR count). The molecule has 2 amide bonds. The molecule has 3 N–H and O–H groups in total. The maximum absolute atomic E-state index is 12.2. The van der Waals surface area contributed by atoms with Gasteiger partial charge < -0.3 is 20.5 Å². The number of rotatable bonds is 6. The molecule has 1 fully saturated rings. The normalized spacial score (nSPS) is 19.4. The van der Waals surface area contributed by atoms with Gasteiger partial charge in [-0.2, -0.15) is 0 Å². The number of hydrogen-bond donors (Lipinski definition) is 3. The van der Waals surface area contributed by atoms with Crippen LogP contribution < -0.4 is 15.4 Å². The van der Waals surface area contributed by atoms with Crippen LogP contribution in [0.5, 0.6) is 5.75 Å². The molecular weight excluding hydrogens is 316 g/mol. The summed E-state index contributed by atoms with van der Waals surface area (Å²) in [5, 5.41) is 15.6. The molecule has 0 saturated heterocycles. The largest absolute Gasteiger partial charge is 0.489 e. The second-order valence-corrected chi connectivity index (χ2v) is 6.35. The fraction of sp³-hybridized carbons (Fsp3) is 0.350. The maximum atomic E-state index is 12.2. The Morgan fingerprint density at radius 3 is 2.60 bits per heavy atom. The lowest BCUT2D eigenvalue weighted by molar-refractivity contribution is 0.133. The topological polar surface area (TPSA) is 70.6 Å². The van der Waals surface area contributed by atoms with E-state index in [0.717, 1.165) is 36.3 Å². The first-order valence-corrected chi connectivity index (χ1v) is 8.71. The molecule has 0 aromatic heterocycles. The Kier molecular flexibility index (Phi) is 5.90. The van der Waals surface area contributed by atoms with E-state index in [9.17, 15) is 9.90 Å². The van der Waals surface area contributed by atoms with Crippen LogP contribution in [0.25, 0.3) is 0 Å². The van der Waals surface area contributed by atoms with Gasteiger partial charge in [-0.3, -0.25) is 0 Å². The number of hydrogen-bond acceptors (Lipinski definition) is 3. The van der Waals surface area contributed by atoms with Crippen molar-refractivity contribution in [2.45, 2.75) is 32.0 Å². The second-order valence-electron chi connectivity index (χ2n) is 6.35. The Morgan fingerprint density at radius 1 is 1.08 bits per heavy atom. The van der Waals surface area contributed by atoms with Crippen LogP contribution in [0, 0.1) is 5.92 Å². The summed E-state index contributed by atoms with van der Waals surface area (Å²) in [6, 6.07) is 16.9. The van der Waals surface area contributed by atoms with Crippen LogP contribution in [-0.4, -0.2) is 23.8 Å². The zero-order chi connectivity index (χ0) is 17.5. The van der Waals surface area contributed by atoms with Crippen molar-refractivity contribution in [1.82, 2.24) is 5.32 Å². The van der Waals surface area contributed by atoms with Gasteiger partial charge in [0.05, 0.1) is 6.10 Å². The van der Waals surface area contributed by atoms with Crippen LogP contribution in [0.2, 0.25) is 0 Å². The van der Waals surface area contributed by atoms with E-state index in [4.69, 9.17) is 4.74 Å². The highest BCUT2D eigenvalue weighted by Crippen LogP contribution is 2.24. The third kappa shape index (κ3) is 4.97. The first-order chi connectivity index (χ1) is 12.2. The SMILES string of the molecule is O=C(NC[C@H]1CCC[C@@H]1O)Nc1ccccc1COc1ccccc1. The van der Waals surface area contributed by atoms with E-state index in [1.165, 1.54) is 0 Å². The highest BCUT2D eigenvalue weighted by molar-refractivity contribution is 5.90. The van der Waals surface area contributed by atoms with E-state index in [0.29, 0.717) is 13.2 Å². The predicted octanol–water partition coefficient (Wildman–Crippen LogP) is 3.55. The van der Waals surface area contributed by atoms with E-state index in [-0.39, 0.29) is 18.1 Å². The highest BCUT2D eigenvalue weighted by Gasteiger charge is 2.25. The Hall–Kier alpha value is -2.53. The molecule has 25 heavy (non-hydrogen) atoms. The van der Waals surface area contributed by atoms with E-state index in [1.54, 1.807) is 0 Å². The number of ether oxygens (including phenoxy) is 1. The summed E-state index contributed by atoms with van der Waals surface area (Å²) in [6.07, 6.45) is 2.51. The van der Waals surface area contributed by atoms with Crippen LogP contribution in [-0.2, 0) is 6.61 Å². The lowest BCUT2D eigenvalue weighted by atomic mass is 10.1. The van der Waals surface area contributed by atoms with Crippen molar-refractivity contribution in [2.24, 2.45) is 5.92 Å². The van der Waals surface area contributed by atoms with Gasteiger partial charge in [0.25, 0.3) is 0 Å². The molecule has 5 heteroatoms. The van der Waals surface area contributed by atoms with Crippen molar-refractivity contribution in [3.05, 3.63) is 60.2 Å². The molecule has 1 aliphatic carbocycles. The summed E-state index contributed by atoms with van der Waals surface area (Å²) in [5.74, 6) is 0.944. The first-order valence-electron chi connectivity index (χ1n) is 8.71. The number of carbonyl (C=O) groups is 1. The molecule has 0 unspecified atom stereocenters. The molecular formula is C20H24N2O3. The number of carbonyl (C=O) groups excluding carboxylic acids is 1. The molecule has 0 aliphatic heterocycles. The smallest absolute Gasteiger partial charge is 0.319 e. The fourth-order valence-corrected chi connectivity index (χ4v) is 3.09. The molecule has 0 radical (unpaired) electrons. The summed E-state index contributed by atoms with van der Waals surface area (Å²) in [6.45, 7) is 0.873. The van der Waals surface area contributed by atoms with Crippen LogP contribution in [0.15, 0.2) is 54.6 Å². The third-order valence-corrected chi connectivity index (χ3v) is 4.55. The monoisotopic (exact) mass is 340 g/mol. The molecule has 2 aromatic carbocycles. The van der Waals surface area contributed by atoms with Gasteiger partial charge in [-0.15, -0.1) is 0 Å². The van der Waals surface area contributed by atoms with Gasteiger partial charge in [-0.1, -0.05) is 42.8 Å². The Balaban J connectivity index is 1.54. The number of nitrogens with one attached hydrogen (secondary N) is 2. The van der Waals surface area contributed by atoms with Gasteiger partial charge in [-0.25, -0.2) is 4.79 Å².